The third-order valence-electron chi connectivity index (χ3n) is 3.83. The topological polar surface area (TPSA) is 69.7 Å². The Kier molecular flexibility index (Phi) is 8.58. The van der Waals surface area contributed by atoms with E-state index in [-0.39, 0.29) is 24.2 Å². The van der Waals surface area contributed by atoms with E-state index in [2.05, 4.69) is 20.8 Å². The number of hydrogen-bond acceptors (Lipinski definition) is 4. The van der Waals surface area contributed by atoms with Crippen molar-refractivity contribution in [3.8, 4) is 0 Å². The Balaban J connectivity index is 5.34. The molecule has 3 atom stereocenters. The van der Waals surface area contributed by atoms with E-state index in [0.717, 1.165) is 0 Å². The summed E-state index contributed by atoms with van der Waals surface area (Å²) >= 11 is -1.02. The maximum absolute atomic E-state index is 12.1. The molecule has 7 heteroatoms. The molecule has 0 aliphatic carbocycles. The van der Waals surface area contributed by atoms with Crippen molar-refractivity contribution in [1.82, 2.24) is 4.31 Å². The highest BCUT2D eigenvalue weighted by Gasteiger charge is 2.35. The first-order valence-corrected chi connectivity index (χ1v) is 11.4. The predicted molar refractivity (Wildman–Crippen MR) is 98.6 cm³/mol. The molecule has 0 aliphatic rings. The molecule has 0 saturated carbocycles. The van der Waals surface area contributed by atoms with Crippen LogP contribution in [-0.4, -0.2) is 59.3 Å². The van der Waals surface area contributed by atoms with Gasteiger partial charge in [-0.05, 0) is 40.0 Å². The molecule has 5 nitrogen and oxygen atoms in total. The number of rotatable bonds is 8. The summed E-state index contributed by atoms with van der Waals surface area (Å²) in [6.07, 6.45) is 0.751. The number of ether oxygens (including phenoxy) is 1. The minimum atomic E-state index is -3.38. The molecule has 140 valence electrons. The molecule has 0 aliphatic heterocycles. The second-order valence-electron chi connectivity index (χ2n) is 8.13. The van der Waals surface area contributed by atoms with E-state index in [9.17, 15) is 13.0 Å². The molecule has 0 radical (unpaired) electrons. The number of nitrogens with zero attached hydrogens (tertiary/aromatic N) is 1. The van der Waals surface area contributed by atoms with Gasteiger partial charge >= 0.3 is 0 Å². The molecule has 0 amide bonds. The van der Waals surface area contributed by atoms with Crippen molar-refractivity contribution in [2.24, 2.45) is 5.41 Å². The minimum absolute atomic E-state index is 0.0659. The number of sulfonamides is 1. The third-order valence-corrected chi connectivity index (χ3v) is 6.71. The largest absolute Gasteiger partial charge is 0.616 e. The molecule has 0 aromatic carbocycles. The van der Waals surface area contributed by atoms with Gasteiger partial charge in [0.2, 0.25) is 10.0 Å². The van der Waals surface area contributed by atoms with Gasteiger partial charge in [-0.25, -0.2) is 8.42 Å². The summed E-state index contributed by atoms with van der Waals surface area (Å²) < 4.78 is 43.8. The molecule has 23 heavy (non-hydrogen) atoms. The fourth-order valence-corrected chi connectivity index (χ4v) is 4.31. The smallest absolute Gasteiger partial charge is 0.211 e. The van der Waals surface area contributed by atoms with Gasteiger partial charge in [0.25, 0.3) is 0 Å². The van der Waals surface area contributed by atoms with E-state index in [0.29, 0.717) is 11.5 Å². The first-order chi connectivity index (χ1) is 10.1. The van der Waals surface area contributed by atoms with Gasteiger partial charge in [0.05, 0.1) is 12.4 Å². The lowest BCUT2D eigenvalue weighted by Gasteiger charge is -2.38. The van der Waals surface area contributed by atoms with Crippen LogP contribution in [0.1, 0.15) is 55.4 Å². The lowest BCUT2D eigenvalue weighted by atomic mass is 9.90. The van der Waals surface area contributed by atoms with Gasteiger partial charge in [-0.3, -0.25) is 0 Å². The molecule has 0 bridgehead atoms. The fraction of sp³-hybridized carbons (Fsp3) is 1.00. The SMILES string of the molecule is CC[S@@+]([O-])CC(CN(C(C)(C)C)S(C)(=O)=O)OC(C)C(C)(C)C. The summed E-state index contributed by atoms with van der Waals surface area (Å²) in [5.41, 5.74) is -0.614. The van der Waals surface area contributed by atoms with Crippen LogP contribution in [0.25, 0.3) is 0 Å². The van der Waals surface area contributed by atoms with Gasteiger partial charge in [-0.1, -0.05) is 31.9 Å². The van der Waals surface area contributed by atoms with Crippen LogP contribution < -0.4 is 0 Å². The normalized spacial score (nSPS) is 18.0. The van der Waals surface area contributed by atoms with Crippen molar-refractivity contribution in [3.05, 3.63) is 0 Å². The Labute approximate surface area is 146 Å². The monoisotopic (exact) mass is 369 g/mol. The van der Waals surface area contributed by atoms with Crippen LogP contribution in [0.2, 0.25) is 0 Å². The molecule has 0 aromatic rings. The molecule has 0 rings (SSSR count). The average Bonchev–Trinajstić information content (AvgIpc) is 2.31. The zero-order chi connectivity index (χ0) is 18.6. The molecular formula is C16H35NO4S2. The Hall–Kier alpha value is 0.180. The average molecular weight is 370 g/mol. The molecule has 2 unspecified atom stereocenters. The fourth-order valence-electron chi connectivity index (χ4n) is 2.04. The van der Waals surface area contributed by atoms with Gasteiger partial charge in [0.15, 0.2) is 0 Å². The summed E-state index contributed by atoms with van der Waals surface area (Å²) in [4.78, 5) is 0. The number of hydrogen-bond donors (Lipinski definition) is 0. The van der Waals surface area contributed by atoms with Crippen LogP contribution in [-0.2, 0) is 25.9 Å². The molecule has 0 spiro atoms. The van der Waals surface area contributed by atoms with E-state index < -0.39 is 26.7 Å². The van der Waals surface area contributed by atoms with E-state index in [1.165, 1.54) is 10.6 Å². The summed E-state index contributed by atoms with van der Waals surface area (Å²) in [6.45, 7) is 15.8. The maximum Gasteiger partial charge on any atom is 0.211 e. The predicted octanol–water partition coefficient (Wildman–Crippen LogP) is 2.63. The Morgan fingerprint density at radius 1 is 1.17 bits per heavy atom. The first-order valence-electron chi connectivity index (χ1n) is 8.07. The van der Waals surface area contributed by atoms with Gasteiger partial charge in [-0.2, -0.15) is 4.31 Å². The molecule has 0 fully saturated rings. The van der Waals surface area contributed by atoms with Crippen LogP contribution in [0, 0.1) is 5.41 Å². The van der Waals surface area contributed by atoms with Crippen LogP contribution in [0.3, 0.4) is 0 Å². The highest BCUT2D eigenvalue weighted by Crippen LogP contribution is 2.25. The molecular weight excluding hydrogens is 334 g/mol. The van der Waals surface area contributed by atoms with Crippen LogP contribution in [0.15, 0.2) is 0 Å². The van der Waals surface area contributed by atoms with E-state index >= 15 is 0 Å². The Morgan fingerprint density at radius 3 is 1.96 bits per heavy atom. The minimum Gasteiger partial charge on any atom is -0.616 e. The highest BCUT2D eigenvalue weighted by atomic mass is 32.2. The van der Waals surface area contributed by atoms with Crippen molar-refractivity contribution < 1.29 is 17.7 Å². The molecule has 0 aromatic heterocycles. The standard InChI is InChI=1S/C16H35NO4S2/c1-10-22(18)12-14(21-13(2)15(3,4)5)11-17(16(6,7)8)23(9,19)20/h13-14H,10-12H2,1-9H3/t13?,14?,22-/m1/s1. The van der Waals surface area contributed by atoms with Crippen LogP contribution in [0.4, 0.5) is 0 Å². The van der Waals surface area contributed by atoms with E-state index in [1.54, 1.807) is 0 Å². The van der Waals surface area contributed by atoms with E-state index in [4.69, 9.17) is 4.74 Å². The van der Waals surface area contributed by atoms with Crippen molar-refractivity contribution in [3.63, 3.8) is 0 Å². The quantitative estimate of drug-likeness (QED) is 0.617. The first kappa shape index (κ1) is 23.2. The summed E-state index contributed by atoms with van der Waals surface area (Å²) in [6, 6.07) is 0. The van der Waals surface area contributed by atoms with Gasteiger partial charge in [0.1, 0.15) is 17.6 Å². The van der Waals surface area contributed by atoms with E-state index in [1.807, 2.05) is 34.6 Å². The van der Waals surface area contributed by atoms with Gasteiger partial charge in [0, 0.05) is 12.1 Å². The zero-order valence-electron chi connectivity index (χ0n) is 16.2. The maximum atomic E-state index is 12.1. The zero-order valence-corrected chi connectivity index (χ0v) is 17.8. The summed E-state index contributed by atoms with van der Waals surface area (Å²) in [5.74, 6) is 0.886. The van der Waals surface area contributed by atoms with Crippen LogP contribution in [0.5, 0.6) is 0 Å². The van der Waals surface area contributed by atoms with Crippen molar-refractivity contribution in [1.29, 1.82) is 0 Å². The van der Waals surface area contributed by atoms with Crippen molar-refractivity contribution >= 4 is 21.2 Å². The lowest BCUT2D eigenvalue weighted by Crippen LogP contribution is -2.51. The van der Waals surface area contributed by atoms with Crippen molar-refractivity contribution in [2.75, 3.05) is 24.3 Å². The second kappa shape index (κ2) is 8.52. The highest BCUT2D eigenvalue weighted by molar-refractivity contribution is 7.91. The second-order valence-corrected chi connectivity index (χ2v) is 11.8. The van der Waals surface area contributed by atoms with Gasteiger partial charge in [-0.15, -0.1) is 0 Å². The lowest BCUT2D eigenvalue weighted by molar-refractivity contribution is -0.0555. The molecule has 0 heterocycles. The van der Waals surface area contributed by atoms with Gasteiger partial charge < -0.3 is 9.29 Å². The Morgan fingerprint density at radius 2 is 1.65 bits per heavy atom. The third kappa shape index (κ3) is 8.72. The van der Waals surface area contributed by atoms with Crippen molar-refractivity contribution in [2.45, 2.75) is 73.1 Å². The van der Waals surface area contributed by atoms with Crippen LogP contribution >= 0.6 is 0 Å². The Bertz CT molecular complexity index is 452. The summed E-state index contributed by atoms with van der Waals surface area (Å²) in [5, 5.41) is 0. The molecule has 0 N–H and O–H groups in total. The molecule has 0 saturated heterocycles. The summed E-state index contributed by atoms with van der Waals surface area (Å²) in [7, 11) is -3.38.